The minimum Gasteiger partial charge on any atom is -0.306 e. The van der Waals surface area contributed by atoms with E-state index in [4.69, 9.17) is 11.6 Å². The second-order valence-corrected chi connectivity index (χ2v) is 6.07. The Morgan fingerprint density at radius 2 is 1.95 bits per heavy atom. The van der Waals surface area contributed by atoms with Crippen LogP contribution in [0.3, 0.4) is 0 Å². The Labute approximate surface area is 126 Å². The summed E-state index contributed by atoms with van der Waals surface area (Å²) in [6.07, 6.45) is 2.70. The Morgan fingerprint density at radius 3 is 2.70 bits per heavy atom. The molecule has 1 aliphatic carbocycles. The minimum atomic E-state index is 0.306. The highest BCUT2D eigenvalue weighted by Gasteiger charge is 2.25. The molecule has 1 aliphatic rings. The van der Waals surface area contributed by atoms with Crippen LogP contribution in [-0.2, 0) is 6.54 Å². The van der Waals surface area contributed by atoms with Crippen LogP contribution in [0.2, 0.25) is 5.02 Å². The van der Waals surface area contributed by atoms with E-state index in [1.165, 1.54) is 29.5 Å². The van der Waals surface area contributed by atoms with Crippen LogP contribution in [0, 0.1) is 0 Å². The predicted molar refractivity (Wildman–Crippen MR) is 85.1 cm³/mol. The average Bonchev–Trinajstić information content (AvgIpc) is 3.29. The van der Waals surface area contributed by atoms with E-state index in [0.29, 0.717) is 6.04 Å². The smallest absolute Gasteiger partial charge is 0.0409 e. The largest absolute Gasteiger partial charge is 0.306 e. The maximum Gasteiger partial charge on any atom is 0.0409 e. The van der Waals surface area contributed by atoms with E-state index in [1.54, 1.807) is 0 Å². The SMILES string of the molecule is C[C@@H](NCc1ccccc1C1CC1)c1cccc(Cl)c1. The Balaban J connectivity index is 1.67. The summed E-state index contributed by atoms with van der Waals surface area (Å²) in [4.78, 5) is 0. The van der Waals surface area contributed by atoms with Crippen molar-refractivity contribution in [1.29, 1.82) is 0 Å². The van der Waals surface area contributed by atoms with Gasteiger partial charge in [-0.15, -0.1) is 0 Å². The van der Waals surface area contributed by atoms with E-state index < -0.39 is 0 Å². The molecule has 1 atom stereocenters. The molecule has 2 aromatic rings. The van der Waals surface area contributed by atoms with Gasteiger partial charge in [0.2, 0.25) is 0 Å². The second kappa shape index (κ2) is 5.99. The zero-order valence-electron chi connectivity index (χ0n) is 11.8. The maximum atomic E-state index is 6.05. The molecule has 2 heteroatoms. The summed E-state index contributed by atoms with van der Waals surface area (Å²) in [5.41, 5.74) is 4.20. The topological polar surface area (TPSA) is 12.0 Å². The molecule has 20 heavy (non-hydrogen) atoms. The van der Waals surface area contributed by atoms with E-state index >= 15 is 0 Å². The standard InChI is InChI=1S/C18H20ClN/c1-13(15-6-4-7-17(19)11-15)20-12-16-5-2-3-8-18(16)14-9-10-14/h2-8,11,13-14,20H,9-10,12H2,1H3/t13-/m1/s1. The predicted octanol–water partition coefficient (Wildman–Crippen LogP) is 5.07. The van der Waals surface area contributed by atoms with Crippen molar-refractivity contribution in [3.63, 3.8) is 0 Å². The Bertz CT molecular complexity index is 589. The van der Waals surface area contributed by atoms with Crippen LogP contribution < -0.4 is 5.32 Å². The van der Waals surface area contributed by atoms with Crippen molar-refractivity contribution in [2.75, 3.05) is 0 Å². The van der Waals surface area contributed by atoms with Crippen molar-refractivity contribution in [2.24, 2.45) is 0 Å². The van der Waals surface area contributed by atoms with Gasteiger partial charge >= 0.3 is 0 Å². The fourth-order valence-electron chi connectivity index (χ4n) is 2.64. The summed E-state index contributed by atoms with van der Waals surface area (Å²) < 4.78 is 0. The molecule has 0 aliphatic heterocycles. The van der Waals surface area contributed by atoms with E-state index in [1.807, 2.05) is 18.2 Å². The lowest BCUT2D eigenvalue weighted by Crippen LogP contribution is -2.18. The molecule has 1 nitrogen and oxygen atoms in total. The van der Waals surface area contributed by atoms with Gasteiger partial charge in [0.1, 0.15) is 0 Å². The Kier molecular flexibility index (Phi) is 4.09. The second-order valence-electron chi connectivity index (χ2n) is 5.63. The van der Waals surface area contributed by atoms with Crippen LogP contribution in [0.5, 0.6) is 0 Å². The first-order valence-electron chi connectivity index (χ1n) is 7.30. The van der Waals surface area contributed by atoms with Crippen molar-refractivity contribution in [3.05, 3.63) is 70.2 Å². The molecule has 0 saturated heterocycles. The zero-order chi connectivity index (χ0) is 13.9. The number of hydrogen-bond donors (Lipinski definition) is 1. The third-order valence-electron chi connectivity index (χ3n) is 4.02. The molecule has 104 valence electrons. The Morgan fingerprint density at radius 1 is 1.15 bits per heavy atom. The van der Waals surface area contributed by atoms with E-state index in [2.05, 4.69) is 42.6 Å². The third kappa shape index (κ3) is 3.23. The number of nitrogens with one attached hydrogen (secondary N) is 1. The molecule has 0 bridgehead atoms. The number of benzene rings is 2. The van der Waals surface area contributed by atoms with Crippen LogP contribution in [0.15, 0.2) is 48.5 Å². The van der Waals surface area contributed by atoms with Crippen molar-refractivity contribution in [1.82, 2.24) is 5.32 Å². The fraction of sp³-hybridized carbons (Fsp3) is 0.333. The highest BCUT2D eigenvalue weighted by atomic mass is 35.5. The van der Waals surface area contributed by atoms with E-state index in [-0.39, 0.29) is 0 Å². The van der Waals surface area contributed by atoms with E-state index in [0.717, 1.165) is 17.5 Å². The molecule has 0 radical (unpaired) electrons. The van der Waals surface area contributed by atoms with Crippen LogP contribution in [0.25, 0.3) is 0 Å². The quantitative estimate of drug-likeness (QED) is 0.809. The van der Waals surface area contributed by atoms with Gasteiger partial charge in [0.25, 0.3) is 0 Å². The monoisotopic (exact) mass is 285 g/mol. The van der Waals surface area contributed by atoms with Crippen LogP contribution in [0.1, 0.15) is 48.4 Å². The molecule has 2 aromatic carbocycles. The van der Waals surface area contributed by atoms with Crippen LogP contribution in [0.4, 0.5) is 0 Å². The van der Waals surface area contributed by atoms with Gasteiger partial charge in [-0.25, -0.2) is 0 Å². The van der Waals surface area contributed by atoms with Crippen molar-refractivity contribution in [3.8, 4) is 0 Å². The zero-order valence-corrected chi connectivity index (χ0v) is 12.5. The summed E-state index contributed by atoms with van der Waals surface area (Å²) in [6, 6.07) is 17.2. The first-order chi connectivity index (χ1) is 9.74. The Hall–Kier alpha value is -1.31. The first-order valence-corrected chi connectivity index (χ1v) is 7.68. The summed E-state index contributed by atoms with van der Waals surface area (Å²) in [7, 11) is 0. The lowest BCUT2D eigenvalue weighted by atomic mass is 10.0. The lowest BCUT2D eigenvalue weighted by molar-refractivity contribution is 0.572. The van der Waals surface area contributed by atoms with Gasteiger partial charge in [0.05, 0.1) is 0 Å². The molecule has 1 saturated carbocycles. The molecule has 0 unspecified atom stereocenters. The van der Waals surface area contributed by atoms with Gasteiger partial charge in [0, 0.05) is 17.6 Å². The van der Waals surface area contributed by atoms with Crippen LogP contribution in [-0.4, -0.2) is 0 Å². The van der Waals surface area contributed by atoms with Crippen molar-refractivity contribution < 1.29 is 0 Å². The maximum absolute atomic E-state index is 6.05. The number of rotatable bonds is 5. The molecular weight excluding hydrogens is 266 g/mol. The third-order valence-corrected chi connectivity index (χ3v) is 4.25. The summed E-state index contributed by atoms with van der Waals surface area (Å²) in [5.74, 6) is 0.800. The van der Waals surface area contributed by atoms with Gasteiger partial charge in [-0.1, -0.05) is 48.0 Å². The van der Waals surface area contributed by atoms with E-state index in [9.17, 15) is 0 Å². The van der Waals surface area contributed by atoms with Gasteiger partial charge in [-0.05, 0) is 54.5 Å². The molecule has 0 amide bonds. The molecule has 1 N–H and O–H groups in total. The highest BCUT2D eigenvalue weighted by Crippen LogP contribution is 2.41. The molecule has 1 fully saturated rings. The van der Waals surface area contributed by atoms with Gasteiger partial charge in [-0.2, -0.15) is 0 Å². The molecule has 0 aromatic heterocycles. The van der Waals surface area contributed by atoms with Gasteiger partial charge < -0.3 is 5.32 Å². The lowest BCUT2D eigenvalue weighted by Gasteiger charge is -2.16. The van der Waals surface area contributed by atoms with Crippen LogP contribution >= 0.6 is 11.6 Å². The summed E-state index contributed by atoms with van der Waals surface area (Å²) >= 11 is 6.05. The number of hydrogen-bond acceptors (Lipinski definition) is 1. The van der Waals surface area contributed by atoms with Gasteiger partial charge in [-0.3, -0.25) is 0 Å². The van der Waals surface area contributed by atoms with Gasteiger partial charge in [0.15, 0.2) is 0 Å². The molecule has 0 spiro atoms. The normalized spacial score (nSPS) is 16.1. The van der Waals surface area contributed by atoms with Crippen molar-refractivity contribution >= 4 is 11.6 Å². The fourth-order valence-corrected chi connectivity index (χ4v) is 2.84. The summed E-state index contributed by atoms with van der Waals surface area (Å²) in [6.45, 7) is 3.10. The number of halogens is 1. The average molecular weight is 286 g/mol. The first kappa shape index (κ1) is 13.7. The summed E-state index contributed by atoms with van der Waals surface area (Å²) in [5, 5.41) is 4.41. The minimum absolute atomic E-state index is 0.306. The molecule has 3 rings (SSSR count). The van der Waals surface area contributed by atoms with Crippen molar-refractivity contribution in [2.45, 2.75) is 38.3 Å². The highest BCUT2D eigenvalue weighted by molar-refractivity contribution is 6.30. The molecule has 0 heterocycles. The molecular formula is C18H20ClN.